The summed E-state index contributed by atoms with van der Waals surface area (Å²) in [7, 11) is 0. The summed E-state index contributed by atoms with van der Waals surface area (Å²) >= 11 is 5.70. The van der Waals surface area contributed by atoms with E-state index in [1.165, 1.54) is 24.3 Å². The molecular formula is C15H11ClO4. The van der Waals surface area contributed by atoms with Crippen molar-refractivity contribution >= 4 is 23.5 Å². The molecule has 0 saturated carbocycles. The predicted octanol–water partition coefficient (Wildman–Crippen LogP) is 3.35. The molecule has 102 valence electrons. The molecule has 4 nitrogen and oxygen atoms in total. The van der Waals surface area contributed by atoms with E-state index in [9.17, 15) is 15.0 Å². The Kier molecular flexibility index (Phi) is 3.96. The first-order chi connectivity index (χ1) is 9.47. The third-order valence-electron chi connectivity index (χ3n) is 2.65. The molecule has 0 aliphatic rings. The Labute approximate surface area is 120 Å². The summed E-state index contributed by atoms with van der Waals surface area (Å²) in [5.41, 5.74) is 0.725. The lowest BCUT2D eigenvalue weighted by Crippen LogP contribution is -1.95. The summed E-state index contributed by atoms with van der Waals surface area (Å²) in [6.07, 6.45) is 2.82. The van der Waals surface area contributed by atoms with E-state index in [1.54, 1.807) is 18.2 Å². The van der Waals surface area contributed by atoms with Crippen LogP contribution in [-0.2, 0) is 0 Å². The van der Waals surface area contributed by atoms with Crippen LogP contribution < -0.4 is 0 Å². The highest BCUT2D eigenvalue weighted by Crippen LogP contribution is 2.31. The van der Waals surface area contributed by atoms with Crippen LogP contribution in [0.25, 0.3) is 6.08 Å². The Morgan fingerprint density at radius 1 is 1.00 bits per heavy atom. The SMILES string of the molecule is O=C(/C=C/c1ccc(O)cc1)c1cc(Cl)c(O)cc1O. The monoisotopic (exact) mass is 290 g/mol. The van der Waals surface area contributed by atoms with Crippen LogP contribution in [0.3, 0.4) is 0 Å². The fourth-order valence-electron chi connectivity index (χ4n) is 1.60. The van der Waals surface area contributed by atoms with Gasteiger partial charge in [-0.2, -0.15) is 0 Å². The minimum atomic E-state index is -0.447. The van der Waals surface area contributed by atoms with Crippen LogP contribution >= 0.6 is 11.6 Å². The fraction of sp³-hybridized carbons (Fsp3) is 0. The highest BCUT2D eigenvalue weighted by atomic mass is 35.5. The molecule has 0 unspecified atom stereocenters. The molecule has 2 rings (SSSR count). The van der Waals surface area contributed by atoms with Crippen LogP contribution in [-0.4, -0.2) is 21.1 Å². The number of halogens is 1. The summed E-state index contributed by atoms with van der Waals surface area (Å²) in [6.45, 7) is 0. The largest absolute Gasteiger partial charge is 0.508 e. The van der Waals surface area contributed by atoms with E-state index in [0.717, 1.165) is 11.6 Å². The maximum absolute atomic E-state index is 11.9. The lowest BCUT2D eigenvalue weighted by molar-refractivity contribution is 0.104. The summed E-state index contributed by atoms with van der Waals surface area (Å²) in [4.78, 5) is 11.9. The zero-order chi connectivity index (χ0) is 14.7. The van der Waals surface area contributed by atoms with Gasteiger partial charge in [0.2, 0.25) is 0 Å². The Bertz CT molecular complexity index is 675. The number of rotatable bonds is 3. The van der Waals surface area contributed by atoms with Crippen molar-refractivity contribution in [1.29, 1.82) is 0 Å². The van der Waals surface area contributed by atoms with Crippen molar-refractivity contribution < 1.29 is 20.1 Å². The molecule has 0 spiro atoms. The summed E-state index contributed by atoms with van der Waals surface area (Å²) in [6, 6.07) is 8.50. The third kappa shape index (κ3) is 3.10. The van der Waals surface area contributed by atoms with Gasteiger partial charge in [-0.05, 0) is 29.8 Å². The molecule has 0 bridgehead atoms. The van der Waals surface area contributed by atoms with Gasteiger partial charge >= 0.3 is 0 Å². The van der Waals surface area contributed by atoms with Crippen LogP contribution in [0.4, 0.5) is 0 Å². The number of phenols is 3. The average molecular weight is 291 g/mol. The third-order valence-corrected chi connectivity index (χ3v) is 2.95. The minimum absolute atomic E-state index is 0.00262. The standard InChI is InChI=1S/C15H11ClO4/c16-12-7-11(14(19)8-15(12)20)13(18)6-3-9-1-4-10(17)5-2-9/h1-8,17,19-20H/b6-3+. The van der Waals surface area contributed by atoms with Crippen molar-refractivity contribution in [2.75, 3.05) is 0 Å². The van der Waals surface area contributed by atoms with Gasteiger partial charge in [0.15, 0.2) is 5.78 Å². The van der Waals surface area contributed by atoms with Crippen molar-refractivity contribution in [1.82, 2.24) is 0 Å². The van der Waals surface area contributed by atoms with Gasteiger partial charge in [-0.3, -0.25) is 4.79 Å². The van der Waals surface area contributed by atoms with E-state index in [0.29, 0.717) is 0 Å². The molecule has 0 amide bonds. The van der Waals surface area contributed by atoms with Crippen molar-refractivity contribution in [2.24, 2.45) is 0 Å². The van der Waals surface area contributed by atoms with Gasteiger partial charge < -0.3 is 15.3 Å². The molecule has 0 aliphatic heterocycles. The number of hydrogen-bond acceptors (Lipinski definition) is 4. The van der Waals surface area contributed by atoms with Crippen LogP contribution in [0.1, 0.15) is 15.9 Å². The highest BCUT2D eigenvalue weighted by Gasteiger charge is 2.12. The molecule has 20 heavy (non-hydrogen) atoms. The predicted molar refractivity (Wildman–Crippen MR) is 76.3 cm³/mol. The van der Waals surface area contributed by atoms with E-state index >= 15 is 0 Å². The Morgan fingerprint density at radius 3 is 2.30 bits per heavy atom. The molecule has 0 fully saturated rings. The second-order valence-electron chi connectivity index (χ2n) is 4.11. The number of phenolic OH excluding ortho intramolecular Hbond substituents is 3. The van der Waals surface area contributed by atoms with E-state index in [2.05, 4.69) is 0 Å². The maximum atomic E-state index is 11.9. The first-order valence-electron chi connectivity index (χ1n) is 5.70. The van der Waals surface area contributed by atoms with E-state index in [-0.39, 0.29) is 27.8 Å². The van der Waals surface area contributed by atoms with E-state index in [1.807, 2.05) is 0 Å². The molecule has 0 aliphatic carbocycles. The molecule has 0 radical (unpaired) electrons. The van der Waals surface area contributed by atoms with Crippen molar-refractivity contribution in [3.63, 3.8) is 0 Å². The van der Waals surface area contributed by atoms with Crippen molar-refractivity contribution in [3.05, 3.63) is 58.6 Å². The second kappa shape index (κ2) is 5.67. The molecule has 2 aromatic rings. The topological polar surface area (TPSA) is 77.8 Å². The van der Waals surface area contributed by atoms with Crippen LogP contribution in [0.5, 0.6) is 17.2 Å². The fourth-order valence-corrected chi connectivity index (χ4v) is 1.76. The van der Waals surface area contributed by atoms with Crippen LogP contribution in [0.2, 0.25) is 5.02 Å². The quantitative estimate of drug-likeness (QED) is 0.598. The Balaban J connectivity index is 2.24. The average Bonchev–Trinajstić information content (AvgIpc) is 2.42. The van der Waals surface area contributed by atoms with Gasteiger partial charge in [0.05, 0.1) is 10.6 Å². The minimum Gasteiger partial charge on any atom is -0.508 e. The first kappa shape index (κ1) is 14.0. The Morgan fingerprint density at radius 2 is 1.65 bits per heavy atom. The summed E-state index contributed by atoms with van der Waals surface area (Å²) in [5, 5.41) is 28.0. The van der Waals surface area contributed by atoms with Gasteiger partial charge in [-0.1, -0.05) is 29.8 Å². The zero-order valence-electron chi connectivity index (χ0n) is 10.2. The van der Waals surface area contributed by atoms with E-state index in [4.69, 9.17) is 16.7 Å². The number of allylic oxidation sites excluding steroid dienone is 1. The van der Waals surface area contributed by atoms with E-state index < -0.39 is 5.78 Å². The molecule has 3 N–H and O–H groups in total. The normalized spacial score (nSPS) is 10.8. The maximum Gasteiger partial charge on any atom is 0.189 e. The van der Waals surface area contributed by atoms with Crippen LogP contribution in [0, 0.1) is 0 Å². The number of ketones is 1. The highest BCUT2D eigenvalue weighted by molar-refractivity contribution is 6.32. The van der Waals surface area contributed by atoms with Gasteiger partial charge in [0.1, 0.15) is 17.2 Å². The number of aromatic hydroxyl groups is 3. The summed E-state index contributed by atoms with van der Waals surface area (Å²) in [5.74, 6) is -0.940. The molecular weight excluding hydrogens is 280 g/mol. The lowest BCUT2D eigenvalue weighted by atomic mass is 10.1. The molecule has 0 aromatic heterocycles. The Hall–Kier alpha value is -2.46. The first-order valence-corrected chi connectivity index (χ1v) is 6.08. The molecule has 0 atom stereocenters. The molecule has 0 heterocycles. The number of hydrogen-bond donors (Lipinski definition) is 3. The lowest BCUT2D eigenvalue weighted by Gasteiger charge is -2.03. The molecule has 5 heteroatoms. The van der Waals surface area contributed by atoms with Gasteiger partial charge in [-0.25, -0.2) is 0 Å². The second-order valence-corrected chi connectivity index (χ2v) is 4.52. The number of carbonyl (C=O) groups excluding carboxylic acids is 1. The zero-order valence-corrected chi connectivity index (χ0v) is 11.0. The van der Waals surface area contributed by atoms with Crippen LogP contribution in [0.15, 0.2) is 42.5 Å². The smallest absolute Gasteiger partial charge is 0.189 e. The number of benzene rings is 2. The summed E-state index contributed by atoms with van der Waals surface area (Å²) < 4.78 is 0. The van der Waals surface area contributed by atoms with Crippen molar-refractivity contribution in [3.8, 4) is 17.2 Å². The van der Waals surface area contributed by atoms with Gasteiger partial charge in [0.25, 0.3) is 0 Å². The molecule has 2 aromatic carbocycles. The molecule has 0 saturated heterocycles. The van der Waals surface area contributed by atoms with Gasteiger partial charge in [-0.15, -0.1) is 0 Å². The van der Waals surface area contributed by atoms with Gasteiger partial charge in [0, 0.05) is 6.07 Å². The number of carbonyl (C=O) groups is 1. The van der Waals surface area contributed by atoms with Crippen molar-refractivity contribution in [2.45, 2.75) is 0 Å².